The lowest BCUT2D eigenvalue weighted by atomic mass is 9.85. The second-order valence-electron chi connectivity index (χ2n) is 8.99. The minimum Gasteiger partial charge on any atom is -0.543 e. The molecule has 0 saturated carbocycles. The molecule has 170 valence electrons. The van der Waals surface area contributed by atoms with Crippen molar-refractivity contribution in [3.8, 4) is 11.5 Å². The zero-order valence-corrected chi connectivity index (χ0v) is 19.5. The normalized spacial score (nSPS) is 11.5. The molecule has 33 heavy (non-hydrogen) atoms. The fourth-order valence-electron chi connectivity index (χ4n) is 3.84. The van der Waals surface area contributed by atoms with Crippen LogP contribution in [0.1, 0.15) is 49.3 Å². The van der Waals surface area contributed by atoms with Gasteiger partial charge in [-0.15, -0.1) is 0 Å². The summed E-state index contributed by atoms with van der Waals surface area (Å²) in [5.74, 6) is 0.375. The summed E-state index contributed by atoms with van der Waals surface area (Å²) in [4.78, 5) is 20.3. The second-order valence-corrected chi connectivity index (χ2v) is 8.99. The summed E-state index contributed by atoms with van der Waals surface area (Å²) >= 11 is 0. The molecule has 0 atom stereocenters. The van der Waals surface area contributed by atoms with Crippen molar-refractivity contribution in [3.05, 3.63) is 71.5 Å². The number of carboxylic acids is 1. The number of aromatic carboxylic acids is 1. The summed E-state index contributed by atoms with van der Waals surface area (Å²) < 4.78 is 8.11. The molecule has 2 aromatic heterocycles. The Bertz CT molecular complexity index is 1320. The standard InChI is InChI=1S/C26H28N4O3/c1-6-16-7-9-17(10-8-16)28-25-29-19-15-18(11-12-20(19)30(25)5)33-21-13-14-27-23(24(31)32)22(21)26(2,3)4/h7-15H,6H2,1-5H3,(H,28,29)(H,31,32)/p-1. The van der Waals surface area contributed by atoms with Gasteiger partial charge in [-0.2, -0.15) is 0 Å². The molecular weight excluding hydrogens is 416 g/mol. The Hall–Kier alpha value is -3.87. The van der Waals surface area contributed by atoms with E-state index in [1.165, 1.54) is 11.8 Å². The number of anilines is 2. The number of nitrogens with zero attached hydrogens (tertiary/aromatic N) is 3. The van der Waals surface area contributed by atoms with Crippen LogP contribution >= 0.6 is 0 Å². The minimum atomic E-state index is -1.33. The molecule has 0 aliphatic rings. The maximum Gasteiger partial charge on any atom is 0.208 e. The molecular formula is C26H27N4O3-. The number of nitrogens with one attached hydrogen (secondary N) is 1. The molecule has 7 nitrogen and oxygen atoms in total. The number of benzene rings is 2. The molecule has 2 heterocycles. The van der Waals surface area contributed by atoms with Crippen molar-refractivity contribution in [2.45, 2.75) is 39.5 Å². The van der Waals surface area contributed by atoms with E-state index in [1.54, 1.807) is 6.07 Å². The first-order chi connectivity index (χ1) is 15.7. The number of imidazole rings is 1. The van der Waals surface area contributed by atoms with E-state index in [-0.39, 0.29) is 5.69 Å². The molecule has 4 rings (SSSR count). The number of carboxylic acid groups (broad SMARTS) is 1. The number of carbonyl (C=O) groups excluding carboxylic acids is 1. The molecule has 1 N–H and O–H groups in total. The van der Waals surface area contributed by atoms with E-state index in [0.717, 1.165) is 23.1 Å². The number of pyridine rings is 1. The van der Waals surface area contributed by atoms with Crippen LogP contribution in [0.4, 0.5) is 11.6 Å². The molecule has 2 aromatic carbocycles. The monoisotopic (exact) mass is 443 g/mol. The Balaban J connectivity index is 1.67. The molecule has 0 unspecified atom stereocenters. The topological polar surface area (TPSA) is 92.1 Å². The molecule has 0 spiro atoms. The number of aryl methyl sites for hydroxylation is 2. The van der Waals surface area contributed by atoms with Gasteiger partial charge in [-0.1, -0.05) is 39.8 Å². The lowest BCUT2D eigenvalue weighted by Crippen LogP contribution is -2.29. The Kier molecular flexibility index (Phi) is 5.80. The van der Waals surface area contributed by atoms with Crippen molar-refractivity contribution in [2.75, 3.05) is 5.32 Å². The summed E-state index contributed by atoms with van der Waals surface area (Å²) in [5, 5.41) is 15.0. The summed E-state index contributed by atoms with van der Waals surface area (Å²) in [7, 11) is 1.95. The van der Waals surface area contributed by atoms with Gasteiger partial charge < -0.3 is 24.5 Å². The Labute approximate surface area is 193 Å². The third-order valence-corrected chi connectivity index (χ3v) is 5.55. The molecule has 0 fully saturated rings. The van der Waals surface area contributed by atoms with E-state index >= 15 is 0 Å². The molecule has 0 radical (unpaired) electrons. The van der Waals surface area contributed by atoms with Crippen molar-refractivity contribution in [1.29, 1.82) is 0 Å². The number of ether oxygens (including phenoxy) is 1. The lowest BCUT2D eigenvalue weighted by molar-refractivity contribution is -0.255. The predicted octanol–water partition coefficient (Wildman–Crippen LogP) is 4.73. The van der Waals surface area contributed by atoms with E-state index in [4.69, 9.17) is 9.72 Å². The van der Waals surface area contributed by atoms with Gasteiger partial charge in [-0.25, -0.2) is 4.98 Å². The molecule has 0 bridgehead atoms. The highest BCUT2D eigenvalue weighted by atomic mass is 16.5. The van der Waals surface area contributed by atoms with Crippen LogP contribution in [0.2, 0.25) is 0 Å². The number of hydrogen-bond acceptors (Lipinski definition) is 6. The minimum absolute atomic E-state index is 0.112. The van der Waals surface area contributed by atoms with Crippen molar-refractivity contribution >= 4 is 28.6 Å². The van der Waals surface area contributed by atoms with Gasteiger partial charge in [0.25, 0.3) is 0 Å². The number of carbonyl (C=O) groups is 1. The van der Waals surface area contributed by atoms with Crippen LogP contribution in [-0.4, -0.2) is 20.5 Å². The summed E-state index contributed by atoms with van der Waals surface area (Å²) in [6.07, 6.45) is 2.41. The van der Waals surface area contributed by atoms with Crippen LogP contribution < -0.4 is 15.2 Å². The average molecular weight is 444 g/mol. The number of fused-ring (bicyclic) bond motifs is 1. The molecule has 0 amide bonds. The van der Waals surface area contributed by atoms with E-state index in [9.17, 15) is 9.90 Å². The van der Waals surface area contributed by atoms with Gasteiger partial charge in [0.2, 0.25) is 5.95 Å². The second kappa shape index (κ2) is 8.58. The van der Waals surface area contributed by atoms with Crippen LogP contribution in [0, 0.1) is 0 Å². The van der Waals surface area contributed by atoms with E-state index in [0.29, 0.717) is 23.0 Å². The van der Waals surface area contributed by atoms with Crippen molar-refractivity contribution < 1.29 is 14.6 Å². The zero-order valence-electron chi connectivity index (χ0n) is 19.5. The number of aromatic nitrogens is 3. The van der Waals surface area contributed by atoms with E-state index in [2.05, 4.69) is 29.4 Å². The van der Waals surface area contributed by atoms with Crippen molar-refractivity contribution in [1.82, 2.24) is 14.5 Å². The smallest absolute Gasteiger partial charge is 0.208 e. The Morgan fingerprint density at radius 3 is 2.48 bits per heavy atom. The van der Waals surface area contributed by atoms with Gasteiger partial charge in [0.05, 0.1) is 22.7 Å². The Morgan fingerprint density at radius 2 is 1.85 bits per heavy atom. The summed E-state index contributed by atoms with van der Waals surface area (Å²) in [6, 6.07) is 15.6. The zero-order chi connectivity index (χ0) is 23.8. The van der Waals surface area contributed by atoms with Crippen molar-refractivity contribution in [2.24, 2.45) is 7.05 Å². The van der Waals surface area contributed by atoms with Crippen molar-refractivity contribution in [3.63, 3.8) is 0 Å². The maximum absolute atomic E-state index is 11.6. The van der Waals surface area contributed by atoms with Gasteiger partial charge in [-0.05, 0) is 47.7 Å². The summed E-state index contributed by atoms with van der Waals surface area (Å²) in [6.45, 7) is 7.87. The molecule has 0 aliphatic heterocycles. The SMILES string of the molecule is CCc1ccc(Nc2nc3cc(Oc4ccnc(C(=O)[O-])c4C(C)(C)C)ccc3n2C)cc1. The van der Waals surface area contributed by atoms with Gasteiger partial charge in [-0.3, -0.25) is 4.98 Å². The molecule has 4 aromatic rings. The Morgan fingerprint density at radius 1 is 1.12 bits per heavy atom. The fraction of sp³-hybridized carbons (Fsp3) is 0.269. The van der Waals surface area contributed by atoms with Gasteiger partial charge in [0.1, 0.15) is 11.5 Å². The van der Waals surface area contributed by atoms with Crippen LogP contribution in [0.25, 0.3) is 11.0 Å². The fourth-order valence-corrected chi connectivity index (χ4v) is 3.84. The van der Waals surface area contributed by atoms with E-state index in [1.807, 2.05) is 62.7 Å². The maximum atomic E-state index is 11.6. The third-order valence-electron chi connectivity index (χ3n) is 5.55. The van der Waals surface area contributed by atoms with Crippen LogP contribution in [-0.2, 0) is 18.9 Å². The van der Waals surface area contributed by atoms with E-state index < -0.39 is 11.4 Å². The largest absolute Gasteiger partial charge is 0.543 e. The van der Waals surface area contributed by atoms with Gasteiger partial charge in [0.15, 0.2) is 0 Å². The molecule has 0 aliphatic carbocycles. The lowest BCUT2D eigenvalue weighted by Gasteiger charge is -2.25. The summed E-state index contributed by atoms with van der Waals surface area (Å²) in [5.41, 5.74) is 3.82. The first kappa shape index (κ1) is 22.3. The predicted molar refractivity (Wildman–Crippen MR) is 127 cm³/mol. The molecule has 7 heteroatoms. The number of rotatable bonds is 6. The highest BCUT2D eigenvalue weighted by Gasteiger charge is 2.25. The van der Waals surface area contributed by atoms with Gasteiger partial charge in [0, 0.05) is 30.6 Å². The number of hydrogen-bond donors (Lipinski definition) is 1. The quantitative estimate of drug-likeness (QED) is 0.463. The third kappa shape index (κ3) is 4.53. The highest BCUT2D eigenvalue weighted by Crippen LogP contribution is 2.36. The first-order valence-electron chi connectivity index (χ1n) is 10.9. The average Bonchev–Trinajstić information content (AvgIpc) is 3.08. The first-order valence-corrected chi connectivity index (χ1v) is 10.9. The van der Waals surface area contributed by atoms with Crippen LogP contribution in [0.3, 0.4) is 0 Å². The van der Waals surface area contributed by atoms with Crippen LogP contribution in [0.15, 0.2) is 54.7 Å². The van der Waals surface area contributed by atoms with Gasteiger partial charge >= 0.3 is 0 Å². The van der Waals surface area contributed by atoms with Crippen LogP contribution in [0.5, 0.6) is 11.5 Å². The molecule has 0 saturated heterocycles. The highest BCUT2D eigenvalue weighted by molar-refractivity contribution is 5.87.